The van der Waals surface area contributed by atoms with Crippen LogP contribution in [0.1, 0.15) is 18.1 Å². The monoisotopic (exact) mass is 493 g/mol. The molecule has 0 atom stereocenters. The van der Waals surface area contributed by atoms with E-state index >= 15 is 0 Å². The van der Waals surface area contributed by atoms with Crippen LogP contribution in [0.4, 0.5) is 4.79 Å². The van der Waals surface area contributed by atoms with E-state index in [2.05, 4.69) is 0 Å². The molecule has 1 heterocycles. The van der Waals surface area contributed by atoms with Gasteiger partial charge in [-0.05, 0) is 37.6 Å². The summed E-state index contributed by atoms with van der Waals surface area (Å²) in [5.41, 5.74) is 1.54. The molecule has 10 heteroatoms. The second-order valence-electron chi connectivity index (χ2n) is 7.74. The average molecular weight is 494 g/mol. The number of carbonyl (C=O) groups excluding carboxylic acids is 2. The molecule has 1 aliphatic heterocycles. The predicted molar refractivity (Wildman–Crippen MR) is 125 cm³/mol. The molecule has 2 aromatic carbocycles. The molecule has 3 rings (SSSR count). The van der Waals surface area contributed by atoms with Crippen LogP contribution in [-0.4, -0.2) is 73.9 Å². The van der Waals surface area contributed by atoms with Gasteiger partial charge in [0.05, 0.1) is 18.0 Å². The van der Waals surface area contributed by atoms with Crippen molar-refractivity contribution in [3.05, 3.63) is 64.7 Å². The molecule has 0 spiro atoms. The molecule has 0 saturated carbocycles. The zero-order chi connectivity index (χ0) is 24.0. The Morgan fingerprint density at radius 3 is 2.21 bits per heavy atom. The van der Waals surface area contributed by atoms with Crippen molar-refractivity contribution in [1.29, 1.82) is 0 Å². The Bertz CT molecular complexity index is 1080. The van der Waals surface area contributed by atoms with Crippen molar-refractivity contribution in [2.24, 2.45) is 0 Å². The first-order valence-corrected chi connectivity index (χ1v) is 12.5. The number of ether oxygens (including phenoxy) is 1. The maximum atomic E-state index is 13.4. The molecule has 0 aromatic heterocycles. The van der Waals surface area contributed by atoms with Crippen molar-refractivity contribution < 1.29 is 22.7 Å². The third-order valence-corrected chi connectivity index (χ3v) is 7.61. The number of amides is 2. The van der Waals surface area contributed by atoms with E-state index in [9.17, 15) is 18.0 Å². The van der Waals surface area contributed by atoms with E-state index in [-0.39, 0.29) is 30.5 Å². The number of nitrogens with zero attached hydrogens (tertiary/aromatic N) is 3. The molecule has 0 N–H and O–H groups in total. The SMILES string of the molecule is CCOC(=O)N1CCN(C(=O)CN(Cc2ccccc2Cl)S(=O)(=O)c2ccc(C)cc2)CC1. The van der Waals surface area contributed by atoms with Gasteiger partial charge in [0.25, 0.3) is 0 Å². The van der Waals surface area contributed by atoms with E-state index < -0.39 is 16.1 Å². The van der Waals surface area contributed by atoms with Crippen LogP contribution < -0.4 is 0 Å². The van der Waals surface area contributed by atoms with Gasteiger partial charge in [0.15, 0.2) is 0 Å². The van der Waals surface area contributed by atoms with Gasteiger partial charge < -0.3 is 14.5 Å². The fraction of sp³-hybridized carbons (Fsp3) is 0.391. The van der Waals surface area contributed by atoms with E-state index in [0.717, 1.165) is 9.87 Å². The number of sulfonamides is 1. The molecule has 0 aliphatic carbocycles. The Kier molecular flexibility index (Phi) is 8.34. The van der Waals surface area contributed by atoms with Gasteiger partial charge in [-0.25, -0.2) is 13.2 Å². The Labute approximate surface area is 199 Å². The summed E-state index contributed by atoms with van der Waals surface area (Å²) in [6.45, 7) is 4.80. The van der Waals surface area contributed by atoms with E-state index in [1.54, 1.807) is 48.2 Å². The lowest BCUT2D eigenvalue weighted by Gasteiger charge is -2.35. The third kappa shape index (κ3) is 6.25. The molecule has 8 nitrogen and oxygen atoms in total. The highest BCUT2D eigenvalue weighted by Crippen LogP contribution is 2.23. The Hall–Kier alpha value is -2.62. The van der Waals surface area contributed by atoms with Crippen molar-refractivity contribution in [3.8, 4) is 0 Å². The second kappa shape index (κ2) is 11.0. The minimum absolute atomic E-state index is 0.0373. The van der Waals surface area contributed by atoms with Crippen LogP contribution in [0.3, 0.4) is 0 Å². The van der Waals surface area contributed by atoms with Crippen LogP contribution in [0.15, 0.2) is 53.4 Å². The number of hydrogen-bond acceptors (Lipinski definition) is 5. The Balaban J connectivity index is 1.78. The number of hydrogen-bond donors (Lipinski definition) is 0. The highest BCUT2D eigenvalue weighted by atomic mass is 35.5. The fourth-order valence-corrected chi connectivity index (χ4v) is 5.07. The molecule has 0 bridgehead atoms. The molecule has 178 valence electrons. The summed E-state index contributed by atoms with van der Waals surface area (Å²) in [5.74, 6) is -0.332. The van der Waals surface area contributed by atoms with Gasteiger partial charge in [0.1, 0.15) is 0 Å². The number of benzene rings is 2. The minimum atomic E-state index is -3.96. The summed E-state index contributed by atoms with van der Waals surface area (Å²) >= 11 is 6.28. The Morgan fingerprint density at radius 1 is 1.00 bits per heavy atom. The van der Waals surface area contributed by atoms with Gasteiger partial charge in [-0.2, -0.15) is 4.31 Å². The highest BCUT2D eigenvalue weighted by molar-refractivity contribution is 7.89. The van der Waals surface area contributed by atoms with Gasteiger partial charge in [0, 0.05) is 37.7 Å². The zero-order valence-electron chi connectivity index (χ0n) is 18.7. The standard InChI is InChI=1S/C23H28ClN3O5S/c1-3-32-23(29)26-14-12-25(13-15-26)22(28)17-27(16-19-6-4-5-7-21(19)24)33(30,31)20-10-8-18(2)9-11-20/h4-11H,3,12-17H2,1-2H3. The van der Waals surface area contributed by atoms with Gasteiger partial charge in [-0.1, -0.05) is 47.5 Å². The first-order valence-electron chi connectivity index (χ1n) is 10.7. The van der Waals surface area contributed by atoms with E-state index in [4.69, 9.17) is 16.3 Å². The number of aryl methyl sites for hydroxylation is 1. The quantitative estimate of drug-likeness (QED) is 0.591. The topological polar surface area (TPSA) is 87.2 Å². The summed E-state index contributed by atoms with van der Waals surface area (Å²) in [7, 11) is -3.96. The number of carbonyl (C=O) groups is 2. The minimum Gasteiger partial charge on any atom is -0.450 e. The van der Waals surface area contributed by atoms with Crippen LogP contribution in [-0.2, 0) is 26.1 Å². The van der Waals surface area contributed by atoms with Crippen LogP contribution in [0.5, 0.6) is 0 Å². The lowest BCUT2D eigenvalue weighted by Crippen LogP contribution is -2.53. The maximum Gasteiger partial charge on any atom is 0.409 e. The lowest BCUT2D eigenvalue weighted by atomic mass is 10.2. The molecule has 0 unspecified atom stereocenters. The van der Waals surface area contributed by atoms with Crippen molar-refractivity contribution in [3.63, 3.8) is 0 Å². The average Bonchev–Trinajstić information content (AvgIpc) is 2.80. The summed E-state index contributed by atoms with van der Waals surface area (Å²) in [5, 5.41) is 0.428. The van der Waals surface area contributed by atoms with Crippen molar-refractivity contribution in [1.82, 2.24) is 14.1 Å². The lowest BCUT2D eigenvalue weighted by molar-refractivity contribution is -0.133. The largest absolute Gasteiger partial charge is 0.450 e. The maximum absolute atomic E-state index is 13.4. The van der Waals surface area contributed by atoms with E-state index in [1.807, 2.05) is 6.92 Å². The smallest absolute Gasteiger partial charge is 0.409 e. The van der Waals surface area contributed by atoms with Gasteiger partial charge in [-0.3, -0.25) is 4.79 Å². The van der Waals surface area contributed by atoms with Gasteiger partial charge in [0.2, 0.25) is 15.9 Å². The molecule has 33 heavy (non-hydrogen) atoms. The summed E-state index contributed by atoms with van der Waals surface area (Å²) < 4.78 is 33.0. The zero-order valence-corrected chi connectivity index (χ0v) is 20.3. The molecule has 2 amide bonds. The molecular weight excluding hydrogens is 466 g/mol. The molecule has 2 aromatic rings. The van der Waals surface area contributed by atoms with Gasteiger partial charge in [-0.15, -0.1) is 0 Å². The molecule has 1 aliphatic rings. The third-order valence-electron chi connectivity index (χ3n) is 5.43. The normalized spacial score (nSPS) is 14.4. The number of rotatable bonds is 7. The fourth-order valence-electron chi connectivity index (χ4n) is 3.51. The second-order valence-corrected chi connectivity index (χ2v) is 10.1. The highest BCUT2D eigenvalue weighted by Gasteiger charge is 2.31. The summed E-state index contributed by atoms with van der Waals surface area (Å²) in [6, 6.07) is 13.5. The molecule has 1 fully saturated rings. The molecule has 0 radical (unpaired) electrons. The van der Waals surface area contributed by atoms with E-state index in [1.165, 1.54) is 17.0 Å². The van der Waals surface area contributed by atoms with Gasteiger partial charge >= 0.3 is 6.09 Å². The first-order chi connectivity index (χ1) is 15.7. The van der Waals surface area contributed by atoms with E-state index in [0.29, 0.717) is 36.8 Å². The van der Waals surface area contributed by atoms with Crippen molar-refractivity contribution in [2.45, 2.75) is 25.3 Å². The molecule has 1 saturated heterocycles. The summed E-state index contributed by atoms with van der Waals surface area (Å²) in [6.07, 6.45) is -0.410. The van der Waals surface area contributed by atoms with Crippen LogP contribution >= 0.6 is 11.6 Å². The first kappa shape index (κ1) is 25.0. The van der Waals surface area contributed by atoms with Crippen LogP contribution in [0, 0.1) is 6.92 Å². The van der Waals surface area contributed by atoms with Crippen molar-refractivity contribution >= 4 is 33.6 Å². The predicted octanol–water partition coefficient (Wildman–Crippen LogP) is 3.14. The van der Waals surface area contributed by atoms with Crippen LogP contribution in [0.25, 0.3) is 0 Å². The number of piperazine rings is 1. The summed E-state index contributed by atoms with van der Waals surface area (Å²) in [4.78, 5) is 28.2. The molecular formula is C23H28ClN3O5S. The Morgan fingerprint density at radius 2 is 1.61 bits per heavy atom. The number of halogens is 1. The van der Waals surface area contributed by atoms with Crippen LogP contribution in [0.2, 0.25) is 5.02 Å². The van der Waals surface area contributed by atoms with Crippen molar-refractivity contribution in [2.75, 3.05) is 39.3 Å².